The molecule has 1 aromatic carbocycles. The summed E-state index contributed by atoms with van der Waals surface area (Å²) in [5.41, 5.74) is 1.88. The molecule has 0 unspecified atom stereocenters. The Hall–Kier alpha value is -2.63. The van der Waals surface area contributed by atoms with Gasteiger partial charge >= 0.3 is 0 Å². The highest BCUT2D eigenvalue weighted by molar-refractivity contribution is 5.76. The number of hydrogen-bond acceptors (Lipinski definition) is 4. The number of aromatic amines is 1. The predicted octanol–water partition coefficient (Wildman–Crippen LogP) is 2.82. The van der Waals surface area contributed by atoms with Gasteiger partial charge in [0.2, 0.25) is 5.91 Å². The van der Waals surface area contributed by atoms with Crippen molar-refractivity contribution >= 4 is 5.91 Å². The Morgan fingerprint density at radius 1 is 1.33 bits per heavy atom. The number of aryl methyl sites for hydroxylation is 2. The summed E-state index contributed by atoms with van der Waals surface area (Å²) in [7, 11) is 1.65. The molecule has 6 nitrogen and oxygen atoms in total. The van der Waals surface area contributed by atoms with E-state index in [1.807, 2.05) is 29.2 Å². The second kappa shape index (κ2) is 8.84. The molecule has 2 aromatic rings. The van der Waals surface area contributed by atoms with Gasteiger partial charge in [0.1, 0.15) is 11.6 Å². The van der Waals surface area contributed by atoms with E-state index in [1.54, 1.807) is 20.1 Å². The van der Waals surface area contributed by atoms with Gasteiger partial charge in [-0.25, -0.2) is 4.98 Å². The largest absolute Gasteiger partial charge is 0.497 e. The number of likely N-dealkylation sites (tertiary alicyclic amines) is 1. The number of rotatable bonds is 6. The van der Waals surface area contributed by atoms with Gasteiger partial charge in [-0.05, 0) is 50.3 Å². The summed E-state index contributed by atoms with van der Waals surface area (Å²) >= 11 is 0. The minimum Gasteiger partial charge on any atom is -0.497 e. The third-order valence-corrected chi connectivity index (χ3v) is 5.09. The van der Waals surface area contributed by atoms with Gasteiger partial charge in [-0.3, -0.25) is 9.59 Å². The monoisotopic (exact) mass is 369 g/mol. The Labute approximate surface area is 159 Å². The summed E-state index contributed by atoms with van der Waals surface area (Å²) in [6.45, 7) is 3.23. The number of hydrogen-bond donors (Lipinski definition) is 1. The molecule has 1 saturated heterocycles. The third kappa shape index (κ3) is 5.18. The normalized spacial score (nSPS) is 17.0. The number of H-pyrrole nitrogens is 1. The summed E-state index contributed by atoms with van der Waals surface area (Å²) in [6, 6.07) is 9.55. The number of methoxy groups -OCH3 is 1. The van der Waals surface area contributed by atoms with E-state index in [4.69, 9.17) is 4.74 Å². The van der Waals surface area contributed by atoms with Crippen LogP contribution in [-0.4, -0.2) is 41.0 Å². The van der Waals surface area contributed by atoms with Gasteiger partial charge in [-0.1, -0.05) is 12.1 Å². The van der Waals surface area contributed by atoms with Crippen LogP contribution in [0.2, 0.25) is 0 Å². The standard InChI is InChI=1S/C21H27N3O3/c1-15-22-19(13-20(25)23-15)17-6-4-12-24(14-17)21(26)7-3-5-16-8-10-18(27-2)11-9-16/h8-11,13,17H,3-7,12,14H2,1-2H3,(H,22,23,25)/t17-/m0/s1. The molecule has 27 heavy (non-hydrogen) atoms. The van der Waals surface area contributed by atoms with Gasteiger partial charge < -0.3 is 14.6 Å². The highest BCUT2D eigenvalue weighted by Crippen LogP contribution is 2.25. The number of nitrogens with one attached hydrogen (secondary N) is 1. The molecule has 1 aromatic heterocycles. The fourth-order valence-electron chi connectivity index (χ4n) is 3.65. The van der Waals surface area contributed by atoms with Crippen LogP contribution >= 0.6 is 0 Å². The summed E-state index contributed by atoms with van der Waals surface area (Å²) < 4.78 is 5.17. The molecule has 0 radical (unpaired) electrons. The van der Waals surface area contributed by atoms with E-state index in [2.05, 4.69) is 9.97 Å². The van der Waals surface area contributed by atoms with E-state index in [0.717, 1.165) is 43.7 Å². The first kappa shape index (κ1) is 19.1. The first-order valence-electron chi connectivity index (χ1n) is 9.53. The lowest BCUT2D eigenvalue weighted by atomic mass is 9.94. The quantitative estimate of drug-likeness (QED) is 0.850. The number of ether oxygens (including phenoxy) is 1. The van der Waals surface area contributed by atoms with Crippen molar-refractivity contribution in [2.24, 2.45) is 0 Å². The molecular weight excluding hydrogens is 342 g/mol. The van der Waals surface area contributed by atoms with E-state index in [-0.39, 0.29) is 17.4 Å². The molecular formula is C21H27N3O3. The number of carbonyl (C=O) groups is 1. The van der Waals surface area contributed by atoms with Gasteiger partial charge in [-0.15, -0.1) is 0 Å². The van der Waals surface area contributed by atoms with Crippen LogP contribution in [0.3, 0.4) is 0 Å². The van der Waals surface area contributed by atoms with Crippen molar-refractivity contribution in [2.75, 3.05) is 20.2 Å². The Morgan fingerprint density at radius 3 is 2.81 bits per heavy atom. The summed E-state index contributed by atoms with van der Waals surface area (Å²) in [6.07, 6.45) is 4.16. The number of piperidine rings is 1. The van der Waals surface area contributed by atoms with Crippen LogP contribution in [0.25, 0.3) is 0 Å². The lowest BCUT2D eigenvalue weighted by Gasteiger charge is -2.32. The van der Waals surface area contributed by atoms with Crippen LogP contribution in [0.4, 0.5) is 0 Å². The van der Waals surface area contributed by atoms with Gasteiger partial charge in [0.15, 0.2) is 0 Å². The SMILES string of the molecule is COc1ccc(CCCC(=O)N2CCC[C@H](c3cc(=O)[nH]c(C)n3)C2)cc1. The Kier molecular flexibility index (Phi) is 6.27. The van der Waals surface area contributed by atoms with E-state index in [1.165, 1.54) is 5.56 Å². The predicted molar refractivity (Wildman–Crippen MR) is 104 cm³/mol. The van der Waals surface area contributed by atoms with Crippen LogP contribution in [0.1, 0.15) is 48.7 Å². The number of nitrogens with zero attached hydrogens (tertiary/aromatic N) is 2. The van der Waals surface area contributed by atoms with E-state index in [0.29, 0.717) is 18.8 Å². The smallest absolute Gasteiger partial charge is 0.251 e. The molecule has 3 rings (SSSR count). The molecule has 144 valence electrons. The van der Waals surface area contributed by atoms with E-state index in [9.17, 15) is 9.59 Å². The van der Waals surface area contributed by atoms with Gasteiger partial charge in [-0.2, -0.15) is 0 Å². The Morgan fingerprint density at radius 2 is 2.11 bits per heavy atom. The molecule has 2 heterocycles. The molecule has 1 atom stereocenters. The molecule has 1 aliphatic heterocycles. The minimum atomic E-state index is -0.125. The number of benzene rings is 1. The molecule has 0 saturated carbocycles. The zero-order valence-corrected chi connectivity index (χ0v) is 16.0. The Balaban J connectivity index is 1.52. The van der Waals surface area contributed by atoms with Crippen LogP contribution < -0.4 is 10.3 Å². The zero-order chi connectivity index (χ0) is 19.2. The lowest BCUT2D eigenvalue weighted by Crippen LogP contribution is -2.39. The highest BCUT2D eigenvalue weighted by atomic mass is 16.5. The maximum absolute atomic E-state index is 12.6. The number of amides is 1. The van der Waals surface area contributed by atoms with Gasteiger partial charge in [0, 0.05) is 31.5 Å². The molecule has 1 amide bonds. The second-order valence-corrected chi connectivity index (χ2v) is 7.14. The molecule has 0 bridgehead atoms. The van der Waals surface area contributed by atoms with Crippen molar-refractivity contribution in [3.05, 3.63) is 57.8 Å². The fourth-order valence-corrected chi connectivity index (χ4v) is 3.65. The first-order chi connectivity index (χ1) is 13.0. The van der Waals surface area contributed by atoms with E-state index < -0.39 is 0 Å². The topological polar surface area (TPSA) is 75.3 Å². The lowest BCUT2D eigenvalue weighted by molar-refractivity contribution is -0.132. The molecule has 1 aliphatic rings. The van der Waals surface area contributed by atoms with Crippen LogP contribution in [0, 0.1) is 6.92 Å². The molecule has 1 fully saturated rings. The van der Waals surface area contributed by atoms with Crippen molar-refractivity contribution in [3.63, 3.8) is 0 Å². The van der Waals surface area contributed by atoms with Crippen LogP contribution in [-0.2, 0) is 11.2 Å². The third-order valence-electron chi connectivity index (χ3n) is 5.09. The van der Waals surface area contributed by atoms with Crippen molar-refractivity contribution in [1.29, 1.82) is 0 Å². The van der Waals surface area contributed by atoms with Crippen LogP contribution in [0.5, 0.6) is 5.75 Å². The minimum absolute atomic E-state index is 0.125. The molecule has 1 N–H and O–H groups in total. The molecule has 0 aliphatic carbocycles. The van der Waals surface area contributed by atoms with Crippen molar-refractivity contribution in [2.45, 2.75) is 44.9 Å². The van der Waals surface area contributed by atoms with Crippen molar-refractivity contribution < 1.29 is 9.53 Å². The first-order valence-corrected chi connectivity index (χ1v) is 9.53. The van der Waals surface area contributed by atoms with Gasteiger partial charge in [0.05, 0.1) is 12.8 Å². The summed E-state index contributed by atoms with van der Waals surface area (Å²) in [4.78, 5) is 33.4. The van der Waals surface area contributed by atoms with Crippen LogP contribution in [0.15, 0.2) is 35.1 Å². The zero-order valence-electron chi connectivity index (χ0n) is 16.0. The average Bonchev–Trinajstić information content (AvgIpc) is 2.68. The number of aromatic nitrogens is 2. The molecule has 0 spiro atoms. The van der Waals surface area contributed by atoms with Crippen molar-refractivity contribution in [1.82, 2.24) is 14.9 Å². The summed E-state index contributed by atoms with van der Waals surface area (Å²) in [5.74, 6) is 1.80. The van der Waals surface area contributed by atoms with Gasteiger partial charge in [0.25, 0.3) is 5.56 Å². The van der Waals surface area contributed by atoms with Crippen molar-refractivity contribution in [3.8, 4) is 5.75 Å². The maximum atomic E-state index is 12.6. The fraction of sp³-hybridized carbons (Fsp3) is 0.476. The summed E-state index contributed by atoms with van der Waals surface area (Å²) in [5, 5.41) is 0. The number of carbonyl (C=O) groups excluding carboxylic acids is 1. The maximum Gasteiger partial charge on any atom is 0.251 e. The average molecular weight is 369 g/mol. The van der Waals surface area contributed by atoms with E-state index >= 15 is 0 Å². The second-order valence-electron chi connectivity index (χ2n) is 7.14. The Bertz CT molecular complexity index is 829. The highest BCUT2D eigenvalue weighted by Gasteiger charge is 2.25. The molecule has 6 heteroatoms.